The van der Waals surface area contributed by atoms with Gasteiger partial charge in [-0.3, -0.25) is 4.79 Å². The molecule has 2 aromatic rings. The maximum Gasteiger partial charge on any atom is 0.490 e. The first-order chi connectivity index (χ1) is 12.5. The molecule has 0 saturated carbocycles. The van der Waals surface area contributed by atoms with Crippen LogP contribution in [0, 0.1) is 0 Å². The molecule has 1 fully saturated rings. The third-order valence-corrected chi connectivity index (χ3v) is 5.11. The Morgan fingerprint density at radius 1 is 1.44 bits per heavy atom. The molecule has 1 aliphatic rings. The van der Waals surface area contributed by atoms with Crippen molar-refractivity contribution in [2.75, 3.05) is 6.54 Å². The van der Waals surface area contributed by atoms with Gasteiger partial charge in [-0.2, -0.15) is 13.2 Å². The molecule has 11 heteroatoms. The second-order valence-electron chi connectivity index (χ2n) is 6.13. The number of rotatable bonds is 3. The van der Waals surface area contributed by atoms with Gasteiger partial charge in [-0.15, -0.1) is 11.3 Å². The van der Waals surface area contributed by atoms with Gasteiger partial charge in [0, 0.05) is 24.9 Å². The van der Waals surface area contributed by atoms with E-state index in [0.29, 0.717) is 6.42 Å². The van der Waals surface area contributed by atoms with Crippen LogP contribution in [-0.2, 0) is 9.59 Å². The van der Waals surface area contributed by atoms with Gasteiger partial charge < -0.3 is 15.0 Å². The summed E-state index contributed by atoms with van der Waals surface area (Å²) >= 11 is 7.47. The molecule has 6 nitrogen and oxygen atoms in total. The van der Waals surface area contributed by atoms with Crippen LogP contribution in [0.5, 0.6) is 0 Å². The predicted molar refractivity (Wildman–Crippen MR) is 94.8 cm³/mol. The number of hydrogen-bond acceptors (Lipinski definition) is 4. The second-order valence-corrected chi connectivity index (χ2v) is 7.84. The minimum atomic E-state index is -5.08. The summed E-state index contributed by atoms with van der Waals surface area (Å²) in [6, 6.07) is 4.10. The van der Waals surface area contributed by atoms with Crippen molar-refractivity contribution in [3.8, 4) is 10.6 Å². The van der Waals surface area contributed by atoms with E-state index in [-0.39, 0.29) is 17.9 Å². The molecular weight excluding hydrogens is 407 g/mol. The molecule has 1 amide bonds. The molecule has 3 heterocycles. The number of nitrogens with zero attached hydrogens (tertiary/aromatic N) is 2. The minimum absolute atomic E-state index is 0.161. The summed E-state index contributed by atoms with van der Waals surface area (Å²) in [5.74, 6) is -1.50. The van der Waals surface area contributed by atoms with Gasteiger partial charge in [0.15, 0.2) is 0 Å². The quantitative estimate of drug-likeness (QED) is 0.776. The Kier molecular flexibility index (Phi) is 6.53. The molecule has 3 rings (SSSR count). The lowest BCUT2D eigenvalue weighted by atomic mass is 10.1. The van der Waals surface area contributed by atoms with Crippen molar-refractivity contribution in [1.29, 1.82) is 0 Å². The Balaban J connectivity index is 0.000000321. The average molecular weight is 424 g/mol. The highest BCUT2D eigenvalue weighted by atomic mass is 35.5. The Hall–Kier alpha value is -2.07. The zero-order chi connectivity index (χ0) is 20.4. The first-order valence-corrected chi connectivity index (χ1v) is 9.08. The Morgan fingerprint density at radius 3 is 2.52 bits per heavy atom. The third kappa shape index (κ3) is 5.46. The highest BCUT2D eigenvalue weighted by Crippen LogP contribution is 2.32. The lowest BCUT2D eigenvalue weighted by Gasteiger charge is -2.20. The van der Waals surface area contributed by atoms with Gasteiger partial charge in [0.2, 0.25) is 5.91 Å². The summed E-state index contributed by atoms with van der Waals surface area (Å²) in [6.07, 6.45) is -2.73. The standard InChI is InChI=1S/C14H16ClN3OS.C2HF3O2/c1-8(2)18-7-9(5-13(18)19)14-16-6-10(17-14)11-3-4-12(15)20-11;3-2(4,5)1(6)7/h3-4,6,8-9H,5,7H2,1-2H3,(H,16,17);(H,6,7). The number of amides is 1. The van der Waals surface area contributed by atoms with Crippen molar-refractivity contribution in [2.45, 2.75) is 38.4 Å². The minimum Gasteiger partial charge on any atom is -0.475 e. The molecule has 0 spiro atoms. The van der Waals surface area contributed by atoms with E-state index in [4.69, 9.17) is 21.5 Å². The number of aromatic nitrogens is 2. The highest BCUT2D eigenvalue weighted by molar-refractivity contribution is 7.19. The van der Waals surface area contributed by atoms with Gasteiger partial charge in [-0.1, -0.05) is 11.6 Å². The van der Waals surface area contributed by atoms with E-state index in [9.17, 15) is 18.0 Å². The van der Waals surface area contributed by atoms with Crippen LogP contribution in [0.15, 0.2) is 18.3 Å². The molecule has 27 heavy (non-hydrogen) atoms. The smallest absolute Gasteiger partial charge is 0.475 e. The van der Waals surface area contributed by atoms with E-state index in [1.54, 1.807) is 0 Å². The maximum absolute atomic E-state index is 11.9. The largest absolute Gasteiger partial charge is 0.490 e. The Morgan fingerprint density at radius 2 is 2.07 bits per heavy atom. The monoisotopic (exact) mass is 423 g/mol. The van der Waals surface area contributed by atoms with Gasteiger partial charge in [-0.05, 0) is 26.0 Å². The van der Waals surface area contributed by atoms with Crippen molar-refractivity contribution < 1.29 is 27.9 Å². The van der Waals surface area contributed by atoms with E-state index in [1.165, 1.54) is 11.3 Å². The van der Waals surface area contributed by atoms with Crippen LogP contribution in [0.4, 0.5) is 13.2 Å². The van der Waals surface area contributed by atoms with Gasteiger partial charge in [0.05, 0.1) is 21.1 Å². The molecule has 0 aliphatic carbocycles. The molecule has 1 unspecified atom stereocenters. The second kappa shape index (κ2) is 8.30. The highest BCUT2D eigenvalue weighted by Gasteiger charge is 2.38. The van der Waals surface area contributed by atoms with Crippen molar-refractivity contribution in [1.82, 2.24) is 14.9 Å². The lowest BCUT2D eigenvalue weighted by molar-refractivity contribution is -0.192. The zero-order valence-electron chi connectivity index (χ0n) is 14.4. The van der Waals surface area contributed by atoms with Crippen molar-refractivity contribution in [3.05, 3.63) is 28.5 Å². The van der Waals surface area contributed by atoms with E-state index < -0.39 is 12.1 Å². The fourth-order valence-corrected chi connectivity index (χ4v) is 3.55. The van der Waals surface area contributed by atoms with Crippen LogP contribution in [0.3, 0.4) is 0 Å². The van der Waals surface area contributed by atoms with Crippen LogP contribution in [0.1, 0.15) is 32.0 Å². The first kappa shape index (κ1) is 21.2. The molecule has 148 valence electrons. The summed E-state index contributed by atoms with van der Waals surface area (Å²) < 4.78 is 32.5. The molecule has 1 aliphatic heterocycles. The fourth-order valence-electron chi connectivity index (χ4n) is 2.54. The third-order valence-electron chi connectivity index (χ3n) is 3.85. The number of thiophene rings is 1. The van der Waals surface area contributed by atoms with Crippen molar-refractivity contribution >= 4 is 34.8 Å². The summed E-state index contributed by atoms with van der Waals surface area (Å²) in [7, 11) is 0. The van der Waals surface area contributed by atoms with Crippen molar-refractivity contribution in [3.63, 3.8) is 0 Å². The number of alkyl halides is 3. The number of carboxylic acids is 1. The molecule has 0 radical (unpaired) electrons. The number of aliphatic carboxylic acids is 1. The molecule has 0 aromatic carbocycles. The SMILES string of the molecule is CC(C)N1CC(c2ncc(-c3ccc(Cl)s3)[nH]2)CC1=O.O=C(O)C(F)(F)F. The van der Waals surface area contributed by atoms with E-state index in [2.05, 4.69) is 9.97 Å². The van der Waals surface area contributed by atoms with Crippen LogP contribution >= 0.6 is 22.9 Å². The van der Waals surface area contributed by atoms with Crippen LogP contribution < -0.4 is 0 Å². The van der Waals surface area contributed by atoms with E-state index in [1.807, 2.05) is 37.1 Å². The predicted octanol–water partition coefficient (Wildman–Crippen LogP) is 4.15. The number of hydrogen-bond donors (Lipinski definition) is 2. The molecule has 0 bridgehead atoms. The van der Waals surface area contributed by atoms with Crippen molar-refractivity contribution in [2.24, 2.45) is 0 Å². The van der Waals surface area contributed by atoms with Crippen LogP contribution in [-0.4, -0.2) is 50.6 Å². The molecule has 1 atom stereocenters. The van der Waals surface area contributed by atoms with Gasteiger partial charge in [0.25, 0.3) is 0 Å². The summed E-state index contributed by atoms with van der Waals surface area (Å²) in [4.78, 5) is 31.6. The molecule has 1 saturated heterocycles. The molecule has 2 N–H and O–H groups in total. The maximum atomic E-state index is 11.9. The Labute approximate surface area is 162 Å². The van der Waals surface area contributed by atoms with Crippen LogP contribution in [0.2, 0.25) is 4.34 Å². The van der Waals surface area contributed by atoms with Gasteiger partial charge in [0.1, 0.15) is 5.82 Å². The number of nitrogens with one attached hydrogen (secondary N) is 1. The summed E-state index contributed by atoms with van der Waals surface area (Å²) in [6.45, 7) is 4.83. The Bertz CT molecular complexity index is 819. The number of carboxylic acid groups (broad SMARTS) is 1. The lowest BCUT2D eigenvalue weighted by Crippen LogP contribution is -2.31. The van der Waals surface area contributed by atoms with Crippen LogP contribution in [0.25, 0.3) is 10.6 Å². The number of carbonyl (C=O) groups excluding carboxylic acids is 1. The number of halogens is 4. The molecular formula is C16H17ClF3N3O3S. The van der Waals surface area contributed by atoms with Gasteiger partial charge in [-0.25, -0.2) is 9.78 Å². The first-order valence-electron chi connectivity index (χ1n) is 7.89. The van der Waals surface area contributed by atoms with Gasteiger partial charge >= 0.3 is 12.1 Å². The topological polar surface area (TPSA) is 86.3 Å². The number of aromatic amines is 1. The number of imidazole rings is 1. The molecule has 2 aromatic heterocycles. The van der Waals surface area contributed by atoms with E-state index >= 15 is 0 Å². The fraction of sp³-hybridized carbons (Fsp3) is 0.438. The number of H-pyrrole nitrogens is 1. The number of likely N-dealkylation sites (tertiary alicyclic amines) is 1. The zero-order valence-corrected chi connectivity index (χ0v) is 16.0. The van der Waals surface area contributed by atoms with E-state index in [0.717, 1.165) is 27.3 Å². The summed E-state index contributed by atoms with van der Waals surface area (Å²) in [5.41, 5.74) is 0.965. The normalized spacial score (nSPS) is 17.2. The summed E-state index contributed by atoms with van der Waals surface area (Å²) in [5, 5.41) is 7.12. The number of carbonyl (C=O) groups is 2. The average Bonchev–Trinajstić information content (AvgIpc) is 3.25.